The monoisotopic (exact) mass is 152 g/mol. The Morgan fingerprint density at radius 1 is 1.55 bits per heavy atom. The zero-order chi connectivity index (χ0) is 8.43. The molecule has 0 amide bonds. The van der Waals surface area contributed by atoms with E-state index >= 15 is 0 Å². The Morgan fingerprint density at radius 2 is 2.18 bits per heavy atom. The minimum atomic E-state index is 0.727. The van der Waals surface area contributed by atoms with Crippen LogP contribution in [-0.2, 0) is 0 Å². The Hall–Kier alpha value is -1.32. The highest BCUT2D eigenvalue weighted by Gasteiger charge is 2.05. The van der Waals surface area contributed by atoms with E-state index in [2.05, 4.69) is 9.98 Å². The van der Waals surface area contributed by atoms with Crippen LogP contribution in [0, 0.1) is 13.8 Å². The van der Waals surface area contributed by atoms with E-state index in [-0.39, 0.29) is 0 Å². The van der Waals surface area contributed by atoms with E-state index in [0.29, 0.717) is 0 Å². The van der Waals surface area contributed by atoms with Crippen LogP contribution < -0.4 is 5.84 Å². The fourth-order valence-corrected chi connectivity index (χ4v) is 0.952. The second-order valence-corrected chi connectivity index (χ2v) is 2.33. The van der Waals surface area contributed by atoms with Crippen molar-refractivity contribution in [2.75, 3.05) is 5.84 Å². The predicted octanol–water partition coefficient (Wildman–Crippen LogP) is 0.936. The van der Waals surface area contributed by atoms with Gasteiger partial charge < -0.3 is 5.84 Å². The molecule has 0 bridgehead atoms. The lowest BCUT2D eigenvalue weighted by Gasteiger charge is -1.96. The summed E-state index contributed by atoms with van der Waals surface area (Å²) in [6.07, 6.45) is 1.70. The molecule has 1 rings (SSSR count). The minimum Gasteiger partial charge on any atom is -0.336 e. The molecule has 1 heterocycles. The van der Waals surface area contributed by atoms with Crippen molar-refractivity contribution >= 4 is 12.0 Å². The molecule has 4 nitrogen and oxygen atoms in total. The number of hydrogen-bond acceptors (Lipinski definition) is 3. The van der Waals surface area contributed by atoms with Crippen molar-refractivity contribution < 1.29 is 0 Å². The Kier molecular flexibility index (Phi) is 1.94. The summed E-state index contributed by atoms with van der Waals surface area (Å²) >= 11 is 0. The summed E-state index contributed by atoms with van der Waals surface area (Å²) in [5.74, 6) is 7.14. The Labute approximate surface area is 65.7 Å². The minimum absolute atomic E-state index is 0.727. The highest BCUT2D eigenvalue weighted by atomic mass is 15.4. The molecule has 0 fully saturated rings. The number of aromatic nitrogens is 2. The van der Waals surface area contributed by atoms with Gasteiger partial charge in [-0.1, -0.05) is 0 Å². The van der Waals surface area contributed by atoms with Crippen LogP contribution in [0.15, 0.2) is 4.99 Å². The molecule has 2 N–H and O–H groups in total. The number of rotatable bonds is 1. The van der Waals surface area contributed by atoms with Crippen LogP contribution in [0.4, 0.5) is 5.82 Å². The van der Waals surface area contributed by atoms with E-state index in [4.69, 9.17) is 5.84 Å². The molecule has 0 aliphatic carbocycles. The first kappa shape index (κ1) is 7.78. The number of hydrogen-bond donors (Lipinski definition) is 1. The van der Waals surface area contributed by atoms with Crippen molar-refractivity contribution in [2.24, 2.45) is 4.99 Å². The van der Waals surface area contributed by atoms with E-state index < -0.39 is 0 Å². The van der Waals surface area contributed by atoms with Crippen molar-refractivity contribution in [2.45, 2.75) is 20.8 Å². The van der Waals surface area contributed by atoms with Gasteiger partial charge in [-0.25, -0.2) is 14.7 Å². The van der Waals surface area contributed by atoms with Crippen molar-refractivity contribution in [3.63, 3.8) is 0 Å². The van der Waals surface area contributed by atoms with Gasteiger partial charge in [0.2, 0.25) is 0 Å². The zero-order valence-electron chi connectivity index (χ0n) is 7.00. The van der Waals surface area contributed by atoms with Crippen LogP contribution in [0.3, 0.4) is 0 Å². The third-order valence-electron chi connectivity index (χ3n) is 1.48. The van der Waals surface area contributed by atoms with Crippen molar-refractivity contribution in [1.29, 1.82) is 0 Å². The fraction of sp³-hybridized carbons (Fsp3) is 0.429. The topological polar surface area (TPSA) is 56.2 Å². The van der Waals surface area contributed by atoms with Gasteiger partial charge in [0.15, 0.2) is 5.82 Å². The number of nitrogens with two attached hydrogens (primary N) is 1. The molecule has 1 aromatic rings. The van der Waals surface area contributed by atoms with Crippen molar-refractivity contribution in [1.82, 2.24) is 9.66 Å². The Bertz CT molecular complexity index is 285. The van der Waals surface area contributed by atoms with E-state index in [1.807, 2.05) is 20.8 Å². The molecule has 0 unspecified atom stereocenters. The van der Waals surface area contributed by atoms with Crippen LogP contribution in [0.2, 0.25) is 0 Å². The van der Waals surface area contributed by atoms with Gasteiger partial charge in [-0.05, 0) is 20.8 Å². The third-order valence-corrected chi connectivity index (χ3v) is 1.48. The lowest BCUT2D eigenvalue weighted by molar-refractivity contribution is 0.927. The third kappa shape index (κ3) is 1.24. The number of nitrogen functional groups attached to an aromatic ring is 1. The fourth-order valence-electron chi connectivity index (χ4n) is 0.952. The van der Waals surface area contributed by atoms with Crippen molar-refractivity contribution in [3.8, 4) is 0 Å². The number of nitrogens with zero attached hydrogens (tertiary/aromatic N) is 3. The maximum absolute atomic E-state index is 5.63. The molecule has 4 heteroatoms. The van der Waals surface area contributed by atoms with Crippen LogP contribution in [0.25, 0.3) is 0 Å². The van der Waals surface area contributed by atoms with E-state index in [1.54, 1.807) is 6.21 Å². The SMILES string of the molecule is C/C=N\c1c(C)nc(C)n1N. The molecule has 0 radical (unpaired) electrons. The summed E-state index contributed by atoms with van der Waals surface area (Å²) in [4.78, 5) is 8.23. The first-order chi connectivity index (χ1) is 5.16. The quantitative estimate of drug-likeness (QED) is 0.481. The molecule has 0 saturated carbocycles. The number of imidazole rings is 1. The summed E-state index contributed by atoms with van der Waals surface area (Å²) < 4.78 is 1.48. The summed E-state index contributed by atoms with van der Waals surface area (Å²) in [5, 5.41) is 0. The summed E-state index contributed by atoms with van der Waals surface area (Å²) in [6.45, 7) is 5.59. The van der Waals surface area contributed by atoms with E-state index in [0.717, 1.165) is 17.3 Å². The zero-order valence-corrected chi connectivity index (χ0v) is 7.00. The molecular weight excluding hydrogens is 140 g/mol. The van der Waals surface area contributed by atoms with Gasteiger partial charge in [0.1, 0.15) is 5.82 Å². The Morgan fingerprint density at radius 3 is 2.55 bits per heavy atom. The van der Waals surface area contributed by atoms with Crippen LogP contribution in [-0.4, -0.2) is 15.9 Å². The Balaban J connectivity index is 3.22. The average molecular weight is 152 g/mol. The lowest BCUT2D eigenvalue weighted by Crippen LogP contribution is -2.09. The van der Waals surface area contributed by atoms with E-state index in [1.165, 1.54) is 4.68 Å². The first-order valence-corrected chi connectivity index (χ1v) is 3.46. The molecule has 11 heavy (non-hydrogen) atoms. The maximum Gasteiger partial charge on any atom is 0.173 e. The van der Waals surface area contributed by atoms with Crippen LogP contribution >= 0.6 is 0 Å². The standard InChI is InChI=1S/C7H12N4/c1-4-9-7-5(2)10-6(3)11(7)8/h4H,8H2,1-3H3/b9-4-. The molecule has 0 spiro atoms. The molecule has 0 aliphatic rings. The molecule has 60 valence electrons. The van der Waals surface area contributed by atoms with Gasteiger partial charge in [-0.3, -0.25) is 0 Å². The predicted molar refractivity (Wildman–Crippen MR) is 45.7 cm³/mol. The highest BCUT2D eigenvalue weighted by Crippen LogP contribution is 2.15. The van der Waals surface area contributed by atoms with Gasteiger partial charge in [0.05, 0.1) is 5.69 Å². The summed E-state index contributed by atoms with van der Waals surface area (Å²) in [6, 6.07) is 0. The van der Waals surface area contributed by atoms with Crippen LogP contribution in [0.1, 0.15) is 18.4 Å². The second kappa shape index (κ2) is 2.74. The molecule has 0 aliphatic heterocycles. The number of aliphatic imine (C=N–C) groups is 1. The lowest BCUT2D eigenvalue weighted by atomic mass is 10.5. The highest BCUT2D eigenvalue weighted by molar-refractivity contribution is 5.59. The normalized spacial score (nSPS) is 11.2. The van der Waals surface area contributed by atoms with Gasteiger partial charge >= 0.3 is 0 Å². The average Bonchev–Trinajstić information content (AvgIpc) is 2.17. The van der Waals surface area contributed by atoms with Gasteiger partial charge in [0.25, 0.3) is 0 Å². The van der Waals surface area contributed by atoms with Gasteiger partial charge in [-0.2, -0.15) is 0 Å². The van der Waals surface area contributed by atoms with E-state index in [9.17, 15) is 0 Å². The molecule has 1 aromatic heterocycles. The van der Waals surface area contributed by atoms with Crippen LogP contribution in [0.5, 0.6) is 0 Å². The molecule has 0 aromatic carbocycles. The van der Waals surface area contributed by atoms with Gasteiger partial charge in [-0.15, -0.1) is 0 Å². The smallest absolute Gasteiger partial charge is 0.173 e. The summed E-state index contributed by atoms with van der Waals surface area (Å²) in [7, 11) is 0. The second-order valence-electron chi connectivity index (χ2n) is 2.33. The first-order valence-electron chi connectivity index (χ1n) is 3.46. The maximum atomic E-state index is 5.63. The molecule has 0 atom stereocenters. The molecular formula is C7H12N4. The molecule has 0 saturated heterocycles. The summed E-state index contributed by atoms with van der Waals surface area (Å²) in [5.41, 5.74) is 0.864. The number of aryl methyl sites for hydroxylation is 2. The van der Waals surface area contributed by atoms with Gasteiger partial charge in [0, 0.05) is 6.21 Å². The van der Waals surface area contributed by atoms with Crippen molar-refractivity contribution in [3.05, 3.63) is 11.5 Å². The largest absolute Gasteiger partial charge is 0.336 e.